The van der Waals surface area contributed by atoms with Crippen molar-refractivity contribution in [3.63, 3.8) is 0 Å². The van der Waals surface area contributed by atoms with Gasteiger partial charge < -0.3 is 10.2 Å². The summed E-state index contributed by atoms with van der Waals surface area (Å²) >= 11 is 0. The van der Waals surface area contributed by atoms with Crippen LogP contribution in [0.25, 0.3) is 0 Å². The minimum atomic E-state index is -3.36. The fourth-order valence-corrected chi connectivity index (χ4v) is 4.08. The first-order valence-electron chi connectivity index (χ1n) is 9.35. The second-order valence-corrected chi connectivity index (χ2v) is 8.50. The summed E-state index contributed by atoms with van der Waals surface area (Å²) in [6, 6.07) is 7.48. The van der Waals surface area contributed by atoms with Gasteiger partial charge in [0.15, 0.2) is 5.96 Å². The molecule has 148 valence electrons. The lowest BCUT2D eigenvalue weighted by molar-refractivity contribution is 0.465. The molecule has 0 aromatic heterocycles. The fraction of sp³-hybridized carbons (Fsp3) is 0.632. The topological polar surface area (TPSA) is 73.8 Å². The van der Waals surface area contributed by atoms with Gasteiger partial charge in [-0.25, -0.2) is 18.1 Å². The van der Waals surface area contributed by atoms with Crippen LogP contribution in [0.4, 0.5) is 0 Å². The first-order chi connectivity index (χ1) is 12.3. The molecule has 0 radical (unpaired) electrons. The molecular formula is C19H34N4O2S. The van der Waals surface area contributed by atoms with Crippen molar-refractivity contribution in [3.05, 3.63) is 35.4 Å². The minimum absolute atomic E-state index is 0.0287. The van der Waals surface area contributed by atoms with E-state index in [4.69, 9.17) is 4.99 Å². The van der Waals surface area contributed by atoms with E-state index >= 15 is 0 Å². The third-order valence-corrected chi connectivity index (χ3v) is 5.34. The third-order valence-electron chi connectivity index (χ3n) is 3.82. The summed E-state index contributed by atoms with van der Waals surface area (Å²) in [5.74, 6) is 0.818. The molecule has 0 spiro atoms. The molecule has 0 fully saturated rings. The first kappa shape index (κ1) is 22.4. The predicted molar refractivity (Wildman–Crippen MR) is 110 cm³/mol. The SMILES string of the molecule is CCCCN(C)C(=NCc1ccccc1CS(=O)(=O)NC(C)C)NCC. The van der Waals surface area contributed by atoms with Crippen LogP contribution in [-0.4, -0.2) is 45.5 Å². The molecule has 0 aliphatic heterocycles. The second kappa shape index (κ2) is 11.2. The van der Waals surface area contributed by atoms with Crippen molar-refractivity contribution in [2.45, 2.75) is 58.9 Å². The molecular weight excluding hydrogens is 348 g/mol. The second-order valence-electron chi connectivity index (χ2n) is 6.75. The van der Waals surface area contributed by atoms with Crippen LogP contribution in [-0.2, 0) is 22.3 Å². The number of sulfonamides is 1. The lowest BCUT2D eigenvalue weighted by Gasteiger charge is -2.22. The summed E-state index contributed by atoms with van der Waals surface area (Å²) in [4.78, 5) is 6.82. The zero-order valence-electron chi connectivity index (χ0n) is 16.7. The van der Waals surface area contributed by atoms with Gasteiger partial charge in [0.1, 0.15) is 0 Å². The predicted octanol–water partition coefficient (Wildman–Crippen LogP) is 2.71. The van der Waals surface area contributed by atoms with E-state index in [9.17, 15) is 8.42 Å². The Kier molecular flexibility index (Phi) is 9.65. The Morgan fingerprint density at radius 2 is 1.85 bits per heavy atom. The van der Waals surface area contributed by atoms with Crippen LogP contribution in [0.2, 0.25) is 0 Å². The zero-order valence-corrected chi connectivity index (χ0v) is 17.6. The molecule has 1 aromatic rings. The highest BCUT2D eigenvalue weighted by Crippen LogP contribution is 2.14. The van der Waals surface area contributed by atoms with Crippen molar-refractivity contribution in [2.24, 2.45) is 4.99 Å². The number of hydrogen-bond acceptors (Lipinski definition) is 3. The zero-order chi connectivity index (χ0) is 19.6. The molecule has 0 unspecified atom stereocenters. The van der Waals surface area contributed by atoms with Crippen LogP contribution in [0.15, 0.2) is 29.3 Å². The van der Waals surface area contributed by atoms with Crippen LogP contribution in [0.5, 0.6) is 0 Å². The summed E-state index contributed by atoms with van der Waals surface area (Å²) in [5.41, 5.74) is 1.72. The number of guanidine groups is 1. The van der Waals surface area contributed by atoms with Crippen LogP contribution in [0.1, 0.15) is 51.7 Å². The van der Waals surface area contributed by atoms with Gasteiger partial charge in [-0.15, -0.1) is 0 Å². The molecule has 0 atom stereocenters. The highest BCUT2D eigenvalue weighted by atomic mass is 32.2. The number of nitrogens with one attached hydrogen (secondary N) is 2. The molecule has 1 rings (SSSR count). The highest BCUT2D eigenvalue weighted by Gasteiger charge is 2.15. The van der Waals surface area contributed by atoms with Crippen molar-refractivity contribution in [2.75, 3.05) is 20.1 Å². The summed E-state index contributed by atoms with van der Waals surface area (Å²) in [5, 5.41) is 3.30. The van der Waals surface area contributed by atoms with E-state index in [-0.39, 0.29) is 11.8 Å². The molecule has 0 aliphatic rings. The minimum Gasteiger partial charge on any atom is -0.357 e. The Morgan fingerprint density at radius 3 is 2.42 bits per heavy atom. The van der Waals surface area contributed by atoms with Crippen LogP contribution < -0.4 is 10.0 Å². The smallest absolute Gasteiger partial charge is 0.216 e. The molecule has 0 saturated heterocycles. The Morgan fingerprint density at radius 1 is 1.19 bits per heavy atom. The molecule has 26 heavy (non-hydrogen) atoms. The van der Waals surface area contributed by atoms with Gasteiger partial charge in [-0.1, -0.05) is 37.6 Å². The molecule has 0 heterocycles. The van der Waals surface area contributed by atoms with Crippen molar-refractivity contribution >= 4 is 16.0 Å². The van der Waals surface area contributed by atoms with Gasteiger partial charge in [-0.3, -0.25) is 0 Å². The molecule has 7 heteroatoms. The molecule has 0 bridgehead atoms. The Balaban J connectivity index is 2.94. The van der Waals surface area contributed by atoms with Gasteiger partial charge in [0, 0.05) is 26.2 Å². The lowest BCUT2D eigenvalue weighted by Crippen LogP contribution is -2.39. The molecule has 1 aromatic carbocycles. The van der Waals surface area contributed by atoms with E-state index in [1.54, 1.807) is 0 Å². The van der Waals surface area contributed by atoms with Gasteiger partial charge >= 0.3 is 0 Å². The maximum atomic E-state index is 12.3. The number of benzene rings is 1. The average molecular weight is 383 g/mol. The van der Waals surface area contributed by atoms with E-state index in [0.717, 1.165) is 43.0 Å². The van der Waals surface area contributed by atoms with E-state index in [0.29, 0.717) is 6.54 Å². The van der Waals surface area contributed by atoms with E-state index in [2.05, 4.69) is 21.9 Å². The molecule has 0 amide bonds. The van der Waals surface area contributed by atoms with Gasteiger partial charge in [0.2, 0.25) is 10.0 Å². The van der Waals surface area contributed by atoms with Gasteiger partial charge in [0.25, 0.3) is 0 Å². The quantitative estimate of drug-likeness (QED) is 0.482. The van der Waals surface area contributed by atoms with Crippen molar-refractivity contribution in [1.82, 2.24) is 14.9 Å². The van der Waals surface area contributed by atoms with Crippen LogP contribution >= 0.6 is 0 Å². The van der Waals surface area contributed by atoms with E-state index < -0.39 is 10.0 Å². The first-order valence-corrected chi connectivity index (χ1v) is 11.0. The Labute approximate surface area is 159 Å². The van der Waals surface area contributed by atoms with Crippen molar-refractivity contribution in [1.29, 1.82) is 0 Å². The third kappa shape index (κ3) is 8.19. The van der Waals surface area contributed by atoms with Gasteiger partial charge in [0.05, 0.1) is 12.3 Å². The molecule has 0 aliphatic carbocycles. The van der Waals surface area contributed by atoms with Crippen molar-refractivity contribution < 1.29 is 8.42 Å². The number of unbranched alkanes of at least 4 members (excludes halogenated alkanes) is 1. The Bertz CT molecular complexity index is 672. The lowest BCUT2D eigenvalue weighted by atomic mass is 10.1. The summed E-state index contributed by atoms with van der Waals surface area (Å²) in [6.45, 7) is 10.0. The number of nitrogens with zero attached hydrogens (tertiary/aromatic N) is 2. The number of aliphatic imine (C=N–C) groups is 1. The van der Waals surface area contributed by atoms with Crippen molar-refractivity contribution in [3.8, 4) is 0 Å². The number of rotatable bonds is 10. The molecule has 0 saturated carbocycles. The van der Waals surface area contributed by atoms with Crippen LogP contribution in [0.3, 0.4) is 0 Å². The van der Waals surface area contributed by atoms with Gasteiger partial charge in [-0.05, 0) is 38.3 Å². The maximum absolute atomic E-state index is 12.3. The summed E-state index contributed by atoms with van der Waals surface area (Å²) < 4.78 is 27.2. The van der Waals surface area contributed by atoms with Gasteiger partial charge in [-0.2, -0.15) is 0 Å². The molecule has 2 N–H and O–H groups in total. The van der Waals surface area contributed by atoms with E-state index in [1.807, 2.05) is 52.1 Å². The van der Waals surface area contributed by atoms with Crippen LogP contribution in [0, 0.1) is 0 Å². The maximum Gasteiger partial charge on any atom is 0.216 e. The Hall–Kier alpha value is -1.60. The number of hydrogen-bond donors (Lipinski definition) is 2. The summed E-state index contributed by atoms with van der Waals surface area (Å²) in [7, 11) is -1.33. The summed E-state index contributed by atoms with van der Waals surface area (Å²) in [6.07, 6.45) is 2.24. The normalized spacial score (nSPS) is 12.5. The average Bonchev–Trinajstić information content (AvgIpc) is 2.56. The standard InChI is InChI=1S/C19H34N4O2S/c1-6-8-13-23(5)19(20-7-2)21-14-17-11-9-10-12-18(17)15-26(24,25)22-16(3)4/h9-12,16,22H,6-8,13-15H2,1-5H3,(H,20,21). The van der Waals surface area contributed by atoms with E-state index in [1.165, 1.54) is 0 Å². The largest absolute Gasteiger partial charge is 0.357 e. The highest BCUT2D eigenvalue weighted by molar-refractivity contribution is 7.88. The fourth-order valence-electron chi connectivity index (χ4n) is 2.59. The monoisotopic (exact) mass is 382 g/mol. The molecule has 6 nitrogen and oxygen atoms in total.